The number of phenolic OH excluding ortho intramolecular Hbond substituents is 1. The average molecular weight is 466 g/mol. The summed E-state index contributed by atoms with van der Waals surface area (Å²) < 4.78 is 16.4. The van der Waals surface area contributed by atoms with Gasteiger partial charge in [0.1, 0.15) is 17.4 Å². The molecule has 0 radical (unpaired) electrons. The van der Waals surface area contributed by atoms with Crippen molar-refractivity contribution in [1.29, 1.82) is 0 Å². The molecule has 4 N–H and O–H groups in total. The van der Waals surface area contributed by atoms with Gasteiger partial charge >= 0.3 is 0 Å². The van der Waals surface area contributed by atoms with Crippen molar-refractivity contribution in [2.75, 3.05) is 6.79 Å². The summed E-state index contributed by atoms with van der Waals surface area (Å²) in [5.41, 5.74) is 6.02. The maximum atomic E-state index is 13.3. The summed E-state index contributed by atoms with van der Waals surface area (Å²) >= 11 is 0. The molecule has 2 aromatic carbocycles. The van der Waals surface area contributed by atoms with Crippen LogP contribution < -0.4 is 26.0 Å². The van der Waals surface area contributed by atoms with Gasteiger partial charge in [-0.25, -0.2) is 0 Å². The van der Waals surface area contributed by atoms with E-state index in [-0.39, 0.29) is 35.9 Å². The molecule has 2 amide bonds. The molecule has 1 aromatic heterocycles. The van der Waals surface area contributed by atoms with Crippen molar-refractivity contribution in [3.63, 3.8) is 0 Å². The monoisotopic (exact) mass is 466 g/mol. The molecule has 178 valence electrons. The van der Waals surface area contributed by atoms with Crippen LogP contribution in [0.2, 0.25) is 0 Å². The third kappa shape index (κ3) is 4.68. The number of carbonyl (C=O) groups is 2. The Labute approximate surface area is 195 Å². The first kappa shape index (κ1) is 23.2. The highest BCUT2D eigenvalue weighted by Crippen LogP contribution is 2.42. The minimum atomic E-state index is -0.886. The Morgan fingerprint density at radius 1 is 1.12 bits per heavy atom. The number of carbonyl (C=O) groups excluding carboxylic acids is 2. The highest BCUT2D eigenvalue weighted by Gasteiger charge is 2.29. The molecule has 1 aliphatic rings. The summed E-state index contributed by atoms with van der Waals surface area (Å²) in [6.07, 6.45) is 1.43. The van der Waals surface area contributed by atoms with Crippen molar-refractivity contribution >= 4 is 22.8 Å². The van der Waals surface area contributed by atoms with E-state index in [0.717, 1.165) is 0 Å². The fraction of sp³-hybridized carbons (Fsp3) is 0.320. The Morgan fingerprint density at radius 2 is 1.82 bits per heavy atom. The number of phenols is 1. The Balaban J connectivity index is 1.75. The number of ether oxygens (including phenoxy) is 2. The molecule has 0 spiro atoms. The molecule has 1 unspecified atom stereocenters. The molecule has 0 saturated carbocycles. The molecule has 9 nitrogen and oxygen atoms in total. The zero-order chi connectivity index (χ0) is 24.4. The van der Waals surface area contributed by atoms with E-state index in [4.69, 9.17) is 19.6 Å². The maximum absolute atomic E-state index is 13.3. The molecule has 2 atom stereocenters. The zero-order valence-corrected chi connectivity index (χ0v) is 18.9. The molecule has 3 aromatic rings. The van der Waals surface area contributed by atoms with Gasteiger partial charge in [0.2, 0.25) is 18.6 Å². The normalized spacial score (nSPS) is 14.2. The number of fused-ring (bicyclic) bond motifs is 2. The second kappa shape index (κ2) is 9.46. The van der Waals surface area contributed by atoms with Gasteiger partial charge in [-0.1, -0.05) is 26.0 Å². The van der Waals surface area contributed by atoms with Crippen LogP contribution >= 0.6 is 0 Å². The highest BCUT2D eigenvalue weighted by atomic mass is 16.7. The van der Waals surface area contributed by atoms with Crippen LogP contribution in [0.15, 0.2) is 51.9 Å². The standard InChI is InChI=1S/C25H26N2O7/c1-13(2)7-18(25(26)31)27-23(29)9-15(16-8-21-22(10-19(16)28)34-12-33-21)17-11-32-20-6-4-3-5-14(20)24(17)30/h3-6,8,10-11,13,15,18,28H,7,9,12H2,1-2H3,(H2,26,31)(H,27,29)/t15?,18-/m0/s1. The van der Waals surface area contributed by atoms with Crippen LogP contribution in [0.1, 0.15) is 43.7 Å². The summed E-state index contributed by atoms with van der Waals surface area (Å²) in [7, 11) is 0. The lowest BCUT2D eigenvalue weighted by Crippen LogP contribution is -2.45. The fourth-order valence-corrected chi connectivity index (χ4v) is 4.10. The minimum Gasteiger partial charge on any atom is -0.508 e. The molecule has 0 fully saturated rings. The number of benzene rings is 2. The SMILES string of the molecule is CC(C)C[C@H](NC(=O)CC(c1cc2c(cc1O)OCO2)c1coc2ccccc2c1=O)C(N)=O. The van der Waals surface area contributed by atoms with Crippen molar-refractivity contribution in [3.8, 4) is 17.2 Å². The molecule has 9 heteroatoms. The summed E-state index contributed by atoms with van der Waals surface area (Å²) in [6, 6.07) is 8.84. The van der Waals surface area contributed by atoms with Gasteiger partial charge < -0.3 is 30.0 Å². The largest absolute Gasteiger partial charge is 0.508 e. The van der Waals surface area contributed by atoms with E-state index in [1.807, 2.05) is 13.8 Å². The highest BCUT2D eigenvalue weighted by molar-refractivity contribution is 5.87. The van der Waals surface area contributed by atoms with Crippen LogP contribution in [-0.4, -0.2) is 29.8 Å². The van der Waals surface area contributed by atoms with Crippen LogP contribution in [0.4, 0.5) is 0 Å². The molecule has 1 aliphatic heterocycles. The first-order chi connectivity index (χ1) is 16.2. The van der Waals surface area contributed by atoms with Crippen LogP contribution in [0, 0.1) is 5.92 Å². The van der Waals surface area contributed by atoms with Crippen LogP contribution in [0.5, 0.6) is 17.2 Å². The zero-order valence-electron chi connectivity index (χ0n) is 18.9. The quantitative estimate of drug-likeness (QED) is 0.463. The van der Waals surface area contributed by atoms with Crippen molar-refractivity contribution in [2.45, 2.75) is 38.6 Å². The van der Waals surface area contributed by atoms with Gasteiger partial charge in [-0.2, -0.15) is 0 Å². The van der Waals surface area contributed by atoms with E-state index in [1.165, 1.54) is 12.3 Å². The number of rotatable bonds is 8. The number of primary amides is 1. The van der Waals surface area contributed by atoms with Crippen molar-refractivity contribution in [3.05, 3.63) is 64.0 Å². The van der Waals surface area contributed by atoms with Crippen LogP contribution in [-0.2, 0) is 9.59 Å². The third-order valence-corrected chi connectivity index (χ3v) is 5.75. The Bertz CT molecular complexity index is 1300. The van der Waals surface area contributed by atoms with E-state index in [0.29, 0.717) is 34.5 Å². The second-order valence-corrected chi connectivity index (χ2v) is 8.69. The molecule has 0 aliphatic carbocycles. The molecule has 4 rings (SSSR count). The molecule has 0 bridgehead atoms. The molecule has 34 heavy (non-hydrogen) atoms. The number of hydrogen-bond donors (Lipinski definition) is 3. The lowest BCUT2D eigenvalue weighted by Gasteiger charge is -2.21. The van der Waals surface area contributed by atoms with Crippen LogP contribution in [0.3, 0.4) is 0 Å². The van der Waals surface area contributed by atoms with Gasteiger partial charge in [0.05, 0.1) is 11.6 Å². The number of hydrogen-bond acceptors (Lipinski definition) is 7. The first-order valence-electron chi connectivity index (χ1n) is 11.0. The Morgan fingerprint density at radius 3 is 2.53 bits per heavy atom. The minimum absolute atomic E-state index is 0.00299. The lowest BCUT2D eigenvalue weighted by molar-refractivity contribution is -0.127. The van der Waals surface area contributed by atoms with Gasteiger partial charge in [0.25, 0.3) is 0 Å². The molecular formula is C25H26N2O7. The van der Waals surface area contributed by atoms with Crippen molar-refractivity contribution in [2.24, 2.45) is 11.7 Å². The van der Waals surface area contributed by atoms with E-state index in [1.54, 1.807) is 30.3 Å². The predicted molar refractivity (Wildman–Crippen MR) is 124 cm³/mol. The van der Waals surface area contributed by atoms with Crippen molar-refractivity contribution < 1.29 is 28.6 Å². The predicted octanol–water partition coefficient (Wildman–Crippen LogP) is 2.77. The Kier molecular flexibility index (Phi) is 6.45. The van der Waals surface area contributed by atoms with Gasteiger partial charge in [0.15, 0.2) is 16.9 Å². The number of aromatic hydroxyl groups is 1. The molecule has 2 heterocycles. The Hall–Kier alpha value is -4.01. The van der Waals surface area contributed by atoms with E-state index < -0.39 is 23.8 Å². The summed E-state index contributed by atoms with van der Waals surface area (Å²) in [5, 5.41) is 13.7. The second-order valence-electron chi connectivity index (χ2n) is 8.69. The third-order valence-electron chi connectivity index (χ3n) is 5.75. The topological polar surface area (TPSA) is 141 Å². The fourth-order valence-electron chi connectivity index (χ4n) is 4.10. The van der Waals surface area contributed by atoms with Crippen LogP contribution in [0.25, 0.3) is 11.0 Å². The van der Waals surface area contributed by atoms with Crippen molar-refractivity contribution in [1.82, 2.24) is 5.32 Å². The first-order valence-corrected chi connectivity index (χ1v) is 11.0. The van der Waals surface area contributed by atoms with E-state index >= 15 is 0 Å². The lowest BCUT2D eigenvalue weighted by atomic mass is 9.87. The summed E-state index contributed by atoms with van der Waals surface area (Å²) in [4.78, 5) is 38.2. The number of para-hydroxylation sites is 1. The number of amides is 2. The maximum Gasteiger partial charge on any atom is 0.240 e. The molecular weight excluding hydrogens is 440 g/mol. The van der Waals surface area contributed by atoms with Gasteiger partial charge in [0, 0.05) is 29.5 Å². The average Bonchev–Trinajstić information content (AvgIpc) is 3.24. The van der Waals surface area contributed by atoms with E-state index in [2.05, 4.69) is 5.32 Å². The molecule has 0 saturated heterocycles. The summed E-state index contributed by atoms with van der Waals surface area (Å²) in [5.74, 6) is -1.32. The van der Waals surface area contributed by atoms with Gasteiger partial charge in [-0.3, -0.25) is 14.4 Å². The van der Waals surface area contributed by atoms with Gasteiger partial charge in [-0.15, -0.1) is 0 Å². The number of nitrogens with one attached hydrogen (secondary N) is 1. The van der Waals surface area contributed by atoms with E-state index in [9.17, 15) is 19.5 Å². The number of nitrogens with two attached hydrogens (primary N) is 1. The van der Waals surface area contributed by atoms with Gasteiger partial charge in [-0.05, 0) is 30.5 Å². The summed E-state index contributed by atoms with van der Waals surface area (Å²) in [6.45, 7) is 3.82. The smallest absolute Gasteiger partial charge is 0.240 e.